The van der Waals surface area contributed by atoms with Crippen molar-refractivity contribution >= 4 is 38.8 Å². The summed E-state index contributed by atoms with van der Waals surface area (Å²) in [6, 6.07) is 13.2. The number of rotatable bonds is 4. The number of halogens is 1. The van der Waals surface area contributed by atoms with Gasteiger partial charge in [0.15, 0.2) is 5.65 Å². The third kappa shape index (κ3) is 3.17. The highest BCUT2D eigenvalue weighted by atomic mass is 35.5. The molecule has 0 aliphatic heterocycles. The summed E-state index contributed by atoms with van der Waals surface area (Å²) in [7, 11) is -3.80. The maximum absolute atomic E-state index is 12.6. The maximum Gasteiger partial charge on any atom is 0.263 e. The first-order valence-electron chi connectivity index (χ1n) is 8.33. The molecule has 0 bridgehead atoms. The number of nitrogen functional groups attached to an aromatic ring is 1. The molecular formula is C19H16ClN5O2S. The van der Waals surface area contributed by atoms with Crippen LogP contribution in [0.15, 0.2) is 65.8 Å². The fourth-order valence-corrected chi connectivity index (χ4v) is 4.57. The summed E-state index contributed by atoms with van der Waals surface area (Å²) < 4.78 is 29.4. The number of anilines is 2. The second-order valence-corrected chi connectivity index (χ2v) is 8.28. The van der Waals surface area contributed by atoms with E-state index >= 15 is 0 Å². The highest BCUT2D eigenvalue weighted by Crippen LogP contribution is 2.31. The molecule has 0 aliphatic carbocycles. The summed E-state index contributed by atoms with van der Waals surface area (Å²) in [5.41, 5.74) is 9.70. The van der Waals surface area contributed by atoms with Gasteiger partial charge in [0.2, 0.25) is 0 Å². The Morgan fingerprint density at radius 1 is 1.11 bits per heavy atom. The van der Waals surface area contributed by atoms with Gasteiger partial charge in [0.25, 0.3) is 10.0 Å². The number of aromatic nitrogens is 3. The number of nitrogens with zero attached hydrogens (tertiary/aromatic N) is 3. The number of nitrogens with two attached hydrogens (primary N) is 1. The molecule has 0 saturated heterocycles. The summed E-state index contributed by atoms with van der Waals surface area (Å²) in [5.74, 6) is 0.461. The number of sulfonamides is 1. The SMILES string of the molecule is Cc1cc(NS(=O)(=O)c2ccccc2Cl)ccc1-c1cnc2ccnn2c1N. The molecular weight excluding hydrogens is 398 g/mol. The molecule has 28 heavy (non-hydrogen) atoms. The first-order valence-corrected chi connectivity index (χ1v) is 10.2. The van der Waals surface area contributed by atoms with Crippen molar-refractivity contribution in [3.8, 4) is 11.1 Å². The molecule has 2 aromatic heterocycles. The van der Waals surface area contributed by atoms with E-state index in [9.17, 15) is 8.42 Å². The van der Waals surface area contributed by atoms with Crippen LogP contribution in [0.3, 0.4) is 0 Å². The van der Waals surface area contributed by atoms with E-state index in [0.29, 0.717) is 22.7 Å². The van der Waals surface area contributed by atoms with E-state index in [0.717, 1.165) is 11.1 Å². The van der Waals surface area contributed by atoms with Crippen LogP contribution < -0.4 is 10.5 Å². The van der Waals surface area contributed by atoms with Crippen LogP contribution in [0.25, 0.3) is 16.8 Å². The normalized spacial score (nSPS) is 11.6. The molecule has 7 nitrogen and oxygen atoms in total. The summed E-state index contributed by atoms with van der Waals surface area (Å²) >= 11 is 6.02. The zero-order valence-electron chi connectivity index (χ0n) is 14.8. The van der Waals surface area contributed by atoms with Crippen LogP contribution in [0, 0.1) is 6.92 Å². The lowest BCUT2D eigenvalue weighted by Gasteiger charge is -2.13. The van der Waals surface area contributed by atoms with Crippen molar-refractivity contribution in [2.24, 2.45) is 0 Å². The molecule has 3 N–H and O–H groups in total. The zero-order chi connectivity index (χ0) is 19.9. The molecule has 0 atom stereocenters. The Labute approximate surface area is 166 Å². The number of aryl methyl sites for hydroxylation is 1. The molecule has 0 radical (unpaired) electrons. The van der Waals surface area contributed by atoms with Crippen molar-refractivity contribution in [1.29, 1.82) is 0 Å². The topological polar surface area (TPSA) is 102 Å². The van der Waals surface area contributed by atoms with E-state index in [1.54, 1.807) is 53.3 Å². The van der Waals surface area contributed by atoms with Gasteiger partial charge < -0.3 is 5.73 Å². The fourth-order valence-electron chi connectivity index (χ4n) is 3.00. The van der Waals surface area contributed by atoms with Crippen molar-refractivity contribution in [2.45, 2.75) is 11.8 Å². The van der Waals surface area contributed by atoms with E-state index in [4.69, 9.17) is 17.3 Å². The van der Waals surface area contributed by atoms with Gasteiger partial charge in [-0.15, -0.1) is 0 Å². The molecule has 0 aliphatic rings. The Balaban J connectivity index is 1.70. The van der Waals surface area contributed by atoms with E-state index in [-0.39, 0.29) is 9.92 Å². The number of benzene rings is 2. The van der Waals surface area contributed by atoms with Crippen LogP contribution in [0.2, 0.25) is 5.02 Å². The lowest BCUT2D eigenvalue weighted by Crippen LogP contribution is -2.13. The molecule has 0 spiro atoms. The van der Waals surface area contributed by atoms with Crippen LogP contribution in [0.1, 0.15) is 5.56 Å². The second-order valence-electron chi connectivity index (χ2n) is 6.22. The molecule has 142 valence electrons. The number of hydrogen-bond donors (Lipinski definition) is 2. The zero-order valence-corrected chi connectivity index (χ0v) is 16.4. The third-order valence-corrected chi connectivity index (χ3v) is 6.23. The quantitative estimate of drug-likeness (QED) is 0.530. The molecule has 9 heteroatoms. The molecule has 2 heterocycles. The summed E-state index contributed by atoms with van der Waals surface area (Å²) in [5, 5.41) is 4.33. The van der Waals surface area contributed by atoms with Crippen molar-refractivity contribution in [2.75, 3.05) is 10.5 Å². The van der Waals surface area contributed by atoms with Crippen LogP contribution >= 0.6 is 11.6 Å². The van der Waals surface area contributed by atoms with Crippen LogP contribution in [-0.2, 0) is 10.0 Å². The lowest BCUT2D eigenvalue weighted by atomic mass is 10.0. The van der Waals surface area contributed by atoms with Gasteiger partial charge in [-0.05, 0) is 42.3 Å². The monoisotopic (exact) mass is 413 g/mol. The fraction of sp³-hybridized carbons (Fsp3) is 0.0526. The summed E-state index contributed by atoms with van der Waals surface area (Å²) in [6.45, 7) is 1.87. The minimum atomic E-state index is -3.80. The molecule has 4 rings (SSSR count). The van der Waals surface area contributed by atoms with Gasteiger partial charge in [-0.1, -0.05) is 29.8 Å². The van der Waals surface area contributed by atoms with E-state index in [2.05, 4.69) is 14.8 Å². The van der Waals surface area contributed by atoms with Gasteiger partial charge in [-0.25, -0.2) is 13.4 Å². The highest BCUT2D eigenvalue weighted by Gasteiger charge is 2.18. The average Bonchev–Trinajstić information content (AvgIpc) is 3.12. The smallest absolute Gasteiger partial charge is 0.263 e. The van der Waals surface area contributed by atoms with Crippen molar-refractivity contribution in [1.82, 2.24) is 14.6 Å². The first kappa shape index (κ1) is 18.3. The van der Waals surface area contributed by atoms with Gasteiger partial charge in [0, 0.05) is 23.5 Å². The number of nitrogens with one attached hydrogen (secondary N) is 1. The average molecular weight is 414 g/mol. The van der Waals surface area contributed by atoms with E-state index in [1.807, 2.05) is 6.92 Å². The maximum atomic E-state index is 12.6. The molecule has 4 aromatic rings. The van der Waals surface area contributed by atoms with E-state index in [1.165, 1.54) is 12.1 Å². The minimum absolute atomic E-state index is 0.0241. The Morgan fingerprint density at radius 3 is 2.64 bits per heavy atom. The van der Waals surface area contributed by atoms with Gasteiger partial charge in [-0.3, -0.25) is 4.72 Å². The molecule has 0 amide bonds. The predicted molar refractivity (Wildman–Crippen MR) is 110 cm³/mol. The van der Waals surface area contributed by atoms with Crippen molar-refractivity contribution in [3.63, 3.8) is 0 Å². The Hall–Kier alpha value is -3.10. The number of fused-ring (bicyclic) bond motifs is 1. The van der Waals surface area contributed by atoms with Gasteiger partial charge >= 0.3 is 0 Å². The van der Waals surface area contributed by atoms with Crippen molar-refractivity contribution in [3.05, 3.63) is 71.5 Å². The largest absolute Gasteiger partial charge is 0.383 e. The van der Waals surface area contributed by atoms with Gasteiger partial charge in [-0.2, -0.15) is 9.61 Å². The van der Waals surface area contributed by atoms with Gasteiger partial charge in [0.05, 0.1) is 11.2 Å². The lowest BCUT2D eigenvalue weighted by molar-refractivity contribution is 0.601. The number of hydrogen-bond acceptors (Lipinski definition) is 5. The Bertz CT molecular complexity index is 1300. The van der Waals surface area contributed by atoms with Crippen LogP contribution in [0.5, 0.6) is 0 Å². The third-order valence-electron chi connectivity index (χ3n) is 4.35. The summed E-state index contributed by atoms with van der Waals surface area (Å²) in [6.07, 6.45) is 3.31. The van der Waals surface area contributed by atoms with Crippen molar-refractivity contribution < 1.29 is 8.42 Å². The standard InChI is InChI=1S/C19H16ClN5O2S/c1-12-10-13(24-28(26,27)17-5-3-2-4-16(17)20)6-7-14(12)15-11-22-18-8-9-23-25(18)19(15)21/h2-11,24H,21H2,1H3. The minimum Gasteiger partial charge on any atom is -0.383 e. The van der Waals surface area contributed by atoms with Gasteiger partial charge in [0.1, 0.15) is 10.7 Å². The molecule has 2 aromatic carbocycles. The second kappa shape index (κ2) is 6.81. The Kier molecular flexibility index (Phi) is 4.44. The molecule has 0 saturated carbocycles. The molecule has 0 unspecified atom stereocenters. The predicted octanol–water partition coefficient (Wildman–Crippen LogP) is 3.74. The van der Waals surface area contributed by atoms with E-state index < -0.39 is 10.0 Å². The molecule has 0 fully saturated rings. The Morgan fingerprint density at radius 2 is 1.89 bits per heavy atom. The van der Waals surface area contributed by atoms with Crippen LogP contribution in [0.4, 0.5) is 11.5 Å². The van der Waals surface area contributed by atoms with Crippen LogP contribution in [-0.4, -0.2) is 23.0 Å². The first-order chi connectivity index (χ1) is 13.4. The summed E-state index contributed by atoms with van der Waals surface area (Å²) in [4.78, 5) is 4.37. The highest BCUT2D eigenvalue weighted by molar-refractivity contribution is 7.92.